The lowest BCUT2D eigenvalue weighted by molar-refractivity contribution is -0.198. The predicted octanol–water partition coefficient (Wildman–Crippen LogP) is -0.355. The summed E-state index contributed by atoms with van der Waals surface area (Å²) in [6, 6.07) is -3.09. The van der Waals surface area contributed by atoms with Crippen LogP contribution in [0.4, 0.5) is 4.79 Å². The second-order valence-electron chi connectivity index (χ2n) is 5.57. The van der Waals surface area contributed by atoms with Gasteiger partial charge >= 0.3 is 18.0 Å². The number of carbonyl (C=O) groups excluding carboxylic acids is 5. The van der Waals surface area contributed by atoms with Gasteiger partial charge in [-0.05, 0) is 5.92 Å². The highest BCUT2D eigenvalue weighted by atomic mass is 16.7. The Kier molecular flexibility index (Phi) is 7.09. The van der Waals surface area contributed by atoms with Crippen molar-refractivity contribution in [1.82, 2.24) is 15.7 Å². The first-order chi connectivity index (χ1) is 11.7. The van der Waals surface area contributed by atoms with Crippen LogP contribution in [0.3, 0.4) is 0 Å². The van der Waals surface area contributed by atoms with Gasteiger partial charge in [-0.25, -0.2) is 14.4 Å². The molecule has 10 heteroatoms. The fourth-order valence-electron chi connectivity index (χ4n) is 1.97. The van der Waals surface area contributed by atoms with Crippen molar-refractivity contribution in [2.45, 2.75) is 38.8 Å². The van der Waals surface area contributed by atoms with Crippen molar-refractivity contribution in [3.63, 3.8) is 0 Å². The lowest BCUT2D eigenvalue weighted by atomic mass is 10.1. The Balaban J connectivity index is 2.67. The molecule has 0 aromatic heterocycles. The van der Waals surface area contributed by atoms with E-state index in [0.29, 0.717) is 5.06 Å². The van der Waals surface area contributed by atoms with E-state index in [1.54, 1.807) is 13.8 Å². The molecule has 10 nitrogen and oxygen atoms in total. The van der Waals surface area contributed by atoms with Crippen LogP contribution in [0, 0.1) is 5.92 Å². The highest BCUT2D eigenvalue weighted by Crippen LogP contribution is 2.12. The minimum absolute atomic E-state index is 0.0476. The minimum Gasteiger partial charge on any atom is -0.467 e. The predicted molar refractivity (Wildman–Crippen MR) is 83.5 cm³/mol. The Labute approximate surface area is 144 Å². The maximum atomic E-state index is 12.0. The number of urea groups is 1. The Morgan fingerprint density at radius 3 is 2.12 bits per heavy atom. The van der Waals surface area contributed by atoms with Gasteiger partial charge in [0.15, 0.2) is 0 Å². The molecule has 0 aromatic carbocycles. The summed E-state index contributed by atoms with van der Waals surface area (Å²) >= 11 is 0. The van der Waals surface area contributed by atoms with Gasteiger partial charge in [-0.2, -0.15) is 0 Å². The van der Waals surface area contributed by atoms with E-state index >= 15 is 0 Å². The second kappa shape index (κ2) is 8.81. The van der Waals surface area contributed by atoms with Crippen molar-refractivity contribution in [1.29, 1.82) is 0 Å². The van der Waals surface area contributed by atoms with Gasteiger partial charge in [0.1, 0.15) is 12.1 Å². The molecule has 1 aliphatic heterocycles. The number of nitrogens with one attached hydrogen (secondary N) is 2. The maximum Gasteiger partial charge on any atom is 0.359 e. The number of carbonyl (C=O) groups is 5. The van der Waals surface area contributed by atoms with E-state index in [-0.39, 0.29) is 18.8 Å². The zero-order valence-corrected chi connectivity index (χ0v) is 14.2. The van der Waals surface area contributed by atoms with Gasteiger partial charge in [-0.15, -0.1) is 11.6 Å². The number of nitrogens with zero attached hydrogens (tertiary/aromatic N) is 1. The number of rotatable bonds is 7. The molecular formula is C15H21N3O7. The molecule has 2 N–H and O–H groups in total. The summed E-state index contributed by atoms with van der Waals surface area (Å²) in [4.78, 5) is 63.2. The van der Waals surface area contributed by atoms with Gasteiger partial charge in [0.2, 0.25) is 0 Å². The fraction of sp³-hybridized carbons (Fsp3) is 0.533. The summed E-state index contributed by atoms with van der Waals surface area (Å²) in [7, 11) is 1.19. The van der Waals surface area contributed by atoms with Crippen LogP contribution in [-0.4, -0.2) is 54.0 Å². The summed E-state index contributed by atoms with van der Waals surface area (Å²) in [5.41, 5.74) is 0. The molecule has 1 fully saturated rings. The zero-order valence-electron chi connectivity index (χ0n) is 14.2. The van der Waals surface area contributed by atoms with E-state index in [1.165, 1.54) is 7.11 Å². The lowest BCUT2D eigenvalue weighted by Gasteiger charge is -2.22. The highest BCUT2D eigenvalue weighted by Gasteiger charge is 2.35. The molecule has 1 saturated heterocycles. The smallest absolute Gasteiger partial charge is 0.359 e. The van der Waals surface area contributed by atoms with E-state index in [4.69, 9.17) is 4.84 Å². The van der Waals surface area contributed by atoms with Crippen LogP contribution < -0.4 is 10.6 Å². The summed E-state index contributed by atoms with van der Waals surface area (Å²) in [5, 5.41) is 4.97. The molecule has 25 heavy (non-hydrogen) atoms. The largest absolute Gasteiger partial charge is 0.467 e. The lowest BCUT2D eigenvalue weighted by Crippen LogP contribution is -2.53. The summed E-state index contributed by atoms with van der Waals surface area (Å²) in [5.74, 6) is -3.25. The van der Waals surface area contributed by atoms with Crippen molar-refractivity contribution in [2.75, 3.05) is 7.11 Å². The molecule has 0 bridgehead atoms. The SMILES string of the molecule is C=C[C@H](NC(=O)N[C@H](C(=O)OC)C(C)C)C(=O)ON1C(=O)CCC1=O. The van der Waals surface area contributed by atoms with Gasteiger partial charge in [0.25, 0.3) is 11.8 Å². The van der Waals surface area contributed by atoms with Crippen molar-refractivity contribution in [3.05, 3.63) is 12.7 Å². The van der Waals surface area contributed by atoms with E-state index < -0.39 is 41.9 Å². The second-order valence-corrected chi connectivity index (χ2v) is 5.57. The third-order valence-corrected chi connectivity index (χ3v) is 3.37. The standard InChI is InChI=1S/C15H21N3O7/c1-5-9(13(21)25-18-10(19)6-7-11(18)20)16-15(23)17-12(8(2)3)14(22)24-4/h5,8-9,12H,1,6-7H2,2-4H3,(H2,16,17,23)/t9-,12-/m0/s1. The Bertz CT molecular complexity index is 572. The van der Waals surface area contributed by atoms with Crippen LogP contribution >= 0.6 is 0 Å². The normalized spacial score (nSPS) is 16.2. The quantitative estimate of drug-likeness (QED) is 0.362. The third kappa shape index (κ3) is 5.30. The number of hydrogen-bond acceptors (Lipinski definition) is 7. The first-order valence-corrected chi connectivity index (χ1v) is 7.56. The monoisotopic (exact) mass is 355 g/mol. The minimum atomic E-state index is -1.33. The van der Waals surface area contributed by atoms with Gasteiger partial charge in [-0.1, -0.05) is 19.9 Å². The van der Waals surface area contributed by atoms with Crippen LogP contribution in [0.25, 0.3) is 0 Å². The summed E-state index contributed by atoms with van der Waals surface area (Å²) in [6.07, 6.45) is 0.970. The van der Waals surface area contributed by atoms with E-state index in [2.05, 4.69) is 21.9 Å². The molecule has 0 spiro atoms. The van der Waals surface area contributed by atoms with Gasteiger partial charge in [0, 0.05) is 12.8 Å². The van der Waals surface area contributed by atoms with E-state index in [9.17, 15) is 24.0 Å². The van der Waals surface area contributed by atoms with Gasteiger partial charge in [-0.3, -0.25) is 9.59 Å². The molecule has 138 valence electrons. The molecule has 0 aliphatic carbocycles. The number of methoxy groups -OCH3 is 1. The topological polar surface area (TPSA) is 131 Å². The van der Waals surface area contributed by atoms with Crippen LogP contribution in [0.15, 0.2) is 12.7 Å². The average molecular weight is 355 g/mol. The number of imide groups is 1. The van der Waals surface area contributed by atoms with Crippen LogP contribution in [0.2, 0.25) is 0 Å². The summed E-state index contributed by atoms with van der Waals surface area (Å²) in [6.45, 7) is 6.79. The fourth-order valence-corrected chi connectivity index (χ4v) is 1.97. The number of ether oxygens (including phenoxy) is 1. The Morgan fingerprint density at radius 1 is 1.12 bits per heavy atom. The molecule has 1 rings (SSSR count). The number of amides is 4. The number of esters is 1. The number of hydrogen-bond donors (Lipinski definition) is 2. The molecule has 1 heterocycles. The van der Waals surface area contributed by atoms with Crippen molar-refractivity contribution in [2.24, 2.45) is 5.92 Å². The van der Waals surface area contributed by atoms with Crippen LogP contribution in [0.5, 0.6) is 0 Å². The van der Waals surface area contributed by atoms with Gasteiger partial charge < -0.3 is 20.2 Å². The third-order valence-electron chi connectivity index (χ3n) is 3.37. The highest BCUT2D eigenvalue weighted by molar-refractivity contribution is 6.02. The summed E-state index contributed by atoms with van der Waals surface area (Å²) < 4.78 is 4.59. The maximum absolute atomic E-state index is 12.0. The van der Waals surface area contributed by atoms with Crippen molar-refractivity contribution < 1.29 is 33.5 Å². The molecule has 2 atom stereocenters. The Morgan fingerprint density at radius 2 is 1.68 bits per heavy atom. The first-order valence-electron chi connectivity index (χ1n) is 7.56. The van der Waals surface area contributed by atoms with E-state index in [1.807, 2.05) is 0 Å². The number of hydroxylamine groups is 2. The first kappa shape index (κ1) is 20.1. The van der Waals surface area contributed by atoms with Crippen molar-refractivity contribution in [3.8, 4) is 0 Å². The van der Waals surface area contributed by atoms with Crippen LogP contribution in [0.1, 0.15) is 26.7 Å². The van der Waals surface area contributed by atoms with E-state index in [0.717, 1.165) is 6.08 Å². The molecule has 1 aliphatic rings. The Hall–Kier alpha value is -2.91. The molecule has 0 aromatic rings. The zero-order chi connectivity index (χ0) is 19.1. The molecule has 4 amide bonds. The average Bonchev–Trinajstić information content (AvgIpc) is 2.88. The molecular weight excluding hydrogens is 334 g/mol. The molecule has 0 saturated carbocycles. The van der Waals surface area contributed by atoms with Gasteiger partial charge in [0.05, 0.1) is 7.11 Å². The van der Waals surface area contributed by atoms with Crippen LogP contribution in [-0.2, 0) is 28.8 Å². The molecule has 0 unspecified atom stereocenters. The van der Waals surface area contributed by atoms with Crippen molar-refractivity contribution >= 4 is 29.8 Å². The molecule has 0 radical (unpaired) electrons.